The van der Waals surface area contributed by atoms with Crippen molar-refractivity contribution >= 4 is 23.5 Å². The van der Waals surface area contributed by atoms with E-state index in [9.17, 15) is 9.59 Å². The zero-order valence-corrected chi connectivity index (χ0v) is 21.5. The van der Waals surface area contributed by atoms with Gasteiger partial charge >= 0.3 is 12.2 Å². The number of amides is 2. The lowest BCUT2D eigenvalue weighted by Crippen LogP contribution is -2.31. The largest absolute Gasteiger partial charge is 0.489 e. The predicted octanol–water partition coefficient (Wildman–Crippen LogP) is 5.62. The Morgan fingerprint density at radius 3 is 2.58 bits per heavy atom. The van der Waals surface area contributed by atoms with Gasteiger partial charge in [0, 0.05) is 29.6 Å². The number of nitrogens with one attached hydrogen (secondary N) is 1. The number of likely N-dealkylation sites (tertiary alicyclic amines) is 1. The third-order valence-electron chi connectivity index (χ3n) is 5.37. The number of carbonyl (C=O) groups is 2. The minimum absolute atomic E-state index is 0.0782. The summed E-state index contributed by atoms with van der Waals surface area (Å²) in [6.45, 7) is 7.21. The van der Waals surface area contributed by atoms with E-state index in [0.29, 0.717) is 19.6 Å². The molecule has 1 aliphatic rings. The monoisotopic (exact) mass is 509 g/mol. The lowest BCUT2D eigenvalue weighted by atomic mass is 10.2. The van der Waals surface area contributed by atoms with Gasteiger partial charge in [0.1, 0.15) is 29.1 Å². The van der Waals surface area contributed by atoms with Crippen molar-refractivity contribution in [2.45, 2.75) is 52.0 Å². The quantitative estimate of drug-likeness (QED) is 0.444. The second kappa shape index (κ2) is 11.4. The van der Waals surface area contributed by atoms with Gasteiger partial charge in [-0.25, -0.2) is 14.6 Å². The van der Waals surface area contributed by atoms with Crippen LogP contribution in [0.25, 0.3) is 10.6 Å². The third kappa shape index (κ3) is 7.45. The number of rotatable bonds is 7. The molecule has 2 heterocycles. The Labute approximate surface area is 215 Å². The van der Waals surface area contributed by atoms with Crippen LogP contribution < -0.4 is 10.1 Å². The van der Waals surface area contributed by atoms with E-state index >= 15 is 0 Å². The highest BCUT2D eigenvalue weighted by Gasteiger charge is 2.28. The molecule has 2 aromatic carbocycles. The lowest BCUT2D eigenvalue weighted by Gasteiger charge is -2.19. The summed E-state index contributed by atoms with van der Waals surface area (Å²) in [5, 5.41) is 3.61. The molecule has 0 aliphatic carbocycles. The summed E-state index contributed by atoms with van der Waals surface area (Å²) in [6, 6.07) is 17.4. The predicted molar refractivity (Wildman–Crippen MR) is 138 cm³/mol. The number of nitrogens with zero attached hydrogens (tertiary/aromatic N) is 2. The fraction of sp³-hybridized carbons (Fsp3) is 0.370. The van der Waals surface area contributed by atoms with Gasteiger partial charge in [0.2, 0.25) is 0 Å². The van der Waals surface area contributed by atoms with Crippen LogP contribution in [0.15, 0.2) is 60.8 Å². The molecule has 8 nitrogen and oxygen atoms in total. The molecule has 1 atom stereocenters. The summed E-state index contributed by atoms with van der Waals surface area (Å²) >= 11 is 1.51. The number of carbonyl (C=O) groups excluding carboxylic acids is 2. The Balaban J connectivity index is 1.23. The van der Waals surface area contributed by atoms with Crippen molar-refractivity contribution < 1.29 is 23.8 Å². The highest BCUT2D eigenvalue weighted by molar-refractivity contribution is 7.15. The lowest BCUT2D eigenvalue weighted by molar-refractivity contribution is 0.0524. The smallest absolute Gasteiger partial charge is 0.410 e. The van der Waals surface area contributed by atoms with Gasteiger partial charge in [0.05, 0.1) is 13.1 Å². The van der Waals surface area contributed by atoms with E-state index < -0.39 is 11.7 Å². The SMILES string of the molecule is CC(C)(C)OC(=O)NCc1cnc(-c2ccc(O[C@H]3CCN(C(=O)OCc4ccccc4)C3)cc2)s1. The molecule has 1 aromatic heterocycles. The Kier molecular flexibility index (Phi) is 8.10. The van der Waals surface area contributed by atoms with E-state index in [0.717, 1.165) is 33.2 Å². The topological polar surface area (TPSA) is 90.0 Å². The normalized spacial score (nSPS) is 15.4. The molecule has 1 fully saturated rings. The molecule has 1 saturated heterocycles. The first-order valence-corrected chi connectivity index (χ1v) is 12.7. The van der Waals surface area contributed by atoms with Gasteiger partial charge in [-0.15, -0.1) is 11.3 Å². The summed E-state index contributed by atoms with van der Waals surface area (Å²) in [4.78, 5) is 31.3. The van der Waals surface area contributed by atoms with E-state index in [-0.39, 0.29) is 18.8 Å². The molecule has 4 rings (SSSR count). The third-order valence-corrected chi connectivity index (χ3v) is 6.42. The second-order valence-corrected chi connectivity index (χ2v) is 10.6. The standard InChI is InChI=1S/C27H31N3O5S/c1-27(2,3)35-25(31)29-16-23-15-28-24(36-23)20-9-11-21(12-10-20)34-22-13-14-30(17-22)26(32)33-18-19-7-5-4-6-8-19/h4-12,15,22H,13-14,16-18H2,1-3H3,(H,29,31)/t22-/m0/s1. The number of hydrogen-bond donors (Lipinski definition) is 1. The molecule has 0 spiro atoms. The zero-order chi connectivity index (χ0) is 25.5. The van der Waals surface area contributed by atoms with E-state index in [4.69, 9.17) is 14.2 Å². The first kappa shape index (κ1) is 25.5. The van der Waals surface area contributed by atoms with Gasteiger partial charge < -0.3 is 24.4 Å². The van der Waals surface area contributed by atoms with Crippen molar-refractivity contribution in [1.29, 1.82) is 0 Å². The summed E-state index contributed by atoms with van der Waals surface area (Å²) in [5.74, 6) is 0.742. The van der Waals surface area contributed by atoms with Gasteiger partial charge in [-0.3, -0.25) is 0 Å². The van der Waals surface area contributed by atoms with E-state index in [1.807, 2.05) is 75.4 Å². The Bertz CT molecular complexity index is 1160. The minimum Gasteiger partial charge on any atom is -0.489 e. The van der Waals surface area contributed by atoms with Crippen LogP contribution >= 0.6 is 11.3 Å². The fourth-order valence-corrected chi connectivity index (χ4v) is 4.52. The first-order chi connectivity index (χ1) is 17.2. The average molecular weight is 510 g/mol. The summed E-state index contributed by atoms with van der Waals surface area (Å²) in [6.07, 6.45) is 1.66. The van der Waals surface area contributed by atoms with Crippen LogP contribution in [0.2, 0.25) is 0 Å². The van der Waals surface area contributed by atoms with E-state index in [1.54, 1.807) is 11.1 Å². The molecule has 0 radical (unpaired) electrons. The number of benzene rings is 2. The van der Waals surface area contributed by atoms with Crippen LogP contribution in [0.1, 0.15) is 37.6 Å². The van der Waals surface area contributed by atoms with Gasteiger partial charge in [0.15, 0.2) is 0 Å². The van der Waals surface area contributed by atoms with E-state index in [2.05, 4.69) is 10.3 Å². The summed E-state index contributed by atoms with van der Waals surface area (Å²) in [7, 11) is 0. The zero-order valence-electron chi connectivity index (χ0n) is 20.7. The molecule has 1 aliphatic heterocycles. The van der Waals surface area contributed by atoms with Crippen molar-refractivity contribution in [3.05, 3.63) is 71.2 Å². The van der Waals surface area contributed by atoms with Crippen LogP contribution in [0.4, 0.5) is 9.59 Å². The maximum absolute atomic E-state index is 12.4. The molecule has 3 aromatic rings. The minimum atomic E-state index is -0.533. The summed E-state index contributed by atoms with van der Waals surface area (Å²) in [5.41, 5.74) is 1.40. The van der Waals surface area contributed by atoms with Gasteiger partial charge in [-0.05, 0) is 50.6 Å². The number of ether oxygens (including phenoxy) is 3. The summed E-state index contributed by atoms with van der Waals surface area (Å²) < 4.78 is 16.8. The van der Waals surface area contributed by atoms with Crippen LogP contribution in [0, 0.1) is 0 Å². The number of aromatic nitrogens is 1. The highest BCUT2D eigenvalue weighted by atomic mass is 32.1. The molecule has 36 heavy (non-hydrogen) atoms. The Hall–Kier alpha value is -3.59. The highest BCUT2D eigenvalue weighted by Crippen LogP contribution is 2.28. The van der Waals surface area contributed by atoms with Crippen molar-refractivity contribution in [2.75, 3.05) is 13.1 Å². The molecule has 190 valence electrons. The fourth-order valence-electron chi connectivity index (χ4n) is 3.67. The van der Waals surface area contributed by atoms with Crippen molar-refractivity contribution in [3.63, 3.8) is 0 Å². The van der Waals surface area contributed by atoms with Crippen molar-refractivity contribution in [3.8, 4) is 16.3 Å². The second-order valence-electron chi connectivity index (χ2n) is 9.53. The molecule has 0 saturated carbocycles. The van der Waals surface area contributed by atoms with Gasteiger partial charge in [-0.2, -0.15) is 0 Å². The molecule has 1 N–H and O–H groups in total. The number of hydrogen-bond acceptors (Lipinski definition) is 7. The molecular weight excluding hydrogens is 478 g/mol. The first-order valence-electron chi connectivity index (χ1n) is 11.9. The van der Waals surface area contributed by atoms with Crippen LogP contribution in [-0.2, 0) is 22.6 Å². The van der Waals surface area contributed by atoms with Crippen LogP contribution in [0.5, 0.6) is 5.75 Å². The number of alkyl carbamates (subject to hydrolysis) is 1. The van der Waals surface area contributed by atoms with Crippen LogP contribution in [0.3, 0.4) is 0 Å². The maximum Gasteiger partial charge on any atom is 0.410 e. The molecule has 9 heteroatoms. The molecule has 0 bridgehead atoms. The Morgan fingerprint density at radius 1 is 1.11 bits per heavy atom. The van der Waals surface area contributed by atoms with Gasteiger partial charge in [0.25, 0.3) is 0 Å². The Morgan fingerprint density at radius 2 is 1.86 bits per heavy atom. The molecular formula is C27H31N3O5S. The average Bonchev–Trinajstić information content (AvgIpc) is 3.51. The van der Waals surface area contributed by atoms with Crippen molar-refractivity contribution in [1.82, 2.24) is 15.2 Å². The van der Waals surface area contributed by atoms with Crippen LogP contribution in [-0.4, -0.2) is 46.9 Å². The maximum atomic E-state index is 12.4. The molecule has 2 amide bonds. The number of thiazole rings is 1. The molecule has 0 unspecified atom stereocenters. The van der Waals surface area contributed by atoms with Gasteiger partial charge in [-0.1, -0.05) is 30.3 Å². The van der Waals surface area contributed by atoms with Crippen molar-refractivity contribution in [2.24, 2.45) is 0 Å². The van der Waals surface area contributed by atoms with E-state index in [1.165, 1.54) is 11.3 Å².